The third-order valence-electron chi connectivity index (χ3n) is 4.38. The maximum Gasteiger partial charge on any atom is 0.186 e. The Morgan fingerprint density at radius 3 is 2.43 bits per heavy atom. The van der Waals surface area contributed by atoms with Crippen LogP contribution < -0.4 is 9.80 Å². The number of thiazole rings is 1. The van der Waals surface area contributed by atoms with Gasteiger partial charge in [0.2, 0.25) is 0 Å². The third-order valence-corrected chi connectivity index (χ3v) is 5.46. The number of anilines is 2. The van der Waals surface area contributed by atoms with Crippen molar-refractivity contribution >= 4 is 32.4 Å². The van der Waals surface area contributed by atoms with Crippen LogP contribution in [0.5, 0.6) is 5.75 Å². The Kier molecular flexibility index (Phi) is 3.58. The second kappa shape index (κ2) is 5.74. The van der Waals surface area contributed by atoms with Crippen LogP contribution in [0.4, 0.5) is 10.8 Å². The van der Waals surface area contributed by atoms with Crippen LogP contribution in [0.1, 0.15) is 5.56 Å². The number of benzene rings is 2. The number of hydrogen-bond acceptors (Lipinski definition) is 5. The summed E-state index contributed by atoms with van der Waals surface area (Å²) in [5.41, 5.74) is 3.28. The minimum absolute atomic E-state index is 0.358. The molecule has 1 fully saturated rings. The summed E-state index contributed by atoms with van der Waals surface area (Å²) in [6.07, 6.45) is 0. The van der Waals surface area contributed by atoms with Crippen molar-refractivity contribution in [3.8, 4) is 5.75 Å². The molecule has 1 N–H and O–H groups in total. The van der Waals surface area contributed by atoms with Crippen molar-refractivity contribution in [3.05, 3.63) is 48.0 Å². The number of phenolic OH excluding ortho intramolecular Hbond substituents is 1. The van der Waals surface area contributed by atoms with Gasteiger partial charge in [0.15, 0.2) is 5.13 Å². The highest BCUT2D eigenvalue weighted by Crippen LogP contribution is 2.32. The maximum atomic E-state index is 10.0. The highest BCUT2D eigenvalue weighted by molar-refractivity contribution is 7.22. The summed E-state index contributed by atoms with van der Waals surface area (Å²) in [6, 6.07) is 13.9. The van der Waals surface area contributed by atoms with Gasteiger partial charge in [-0.05, 0) is 30.7 Å². The fourth-order valence-corrected chi connectivity index (χ4v) is 4.18. The highest BCUT2D eigenvalue weighted by atomic mass is 32.1. The van der Waals surface area contributed by atoms with Crippen LogP contribution in [-0.2, 0) is 0 Å². The van der Waals surface area contributed by atoms with Gasteiger partial charge < -0.3 is 14.9 Å². The van der Waals surface area contributed by atoms with E-state index in [1.165, 1.54) is 10.3 Å². The van der Waals surface area contributed by atoms with E-state index in [-0.39, 0.29) is 0 Å². The highest BCUT2D eigenvalue weighted by Gasteiger charge is 2.21. The van der Waals surface area contributed by atoms with E-state index in [2.05, 4.69) is 34.9 Å². The molecule has 2 heterocycles. The molecule has 1 aliphatic rings. The first-order valence-corrected chi connectivity index (χ1v) is 8.68. The fraction of sp³-hybridized carbons (Fsp3) is 0.278. The maximum absolute atomic E-state index is 10.0. The van der Waals surface area contributed by atoms with Gasteiger partial charge in [-0.2, -0.15) is 0 Å². The zero-order chi connectivity index (χ0) is 15.8. The van der Waals surface area contributed by atoms with Gasteiger partial charge in [-0.1, -0.05) is 35.6 Å². The Labute approximate surface area is 139 Å². The molecule has 2 aromatic carbocycles. The van der Waals surface area contributed by atoms with Crippen LogP contribution in [-0.4, -0.2) is 36.3 Å². The number of aromatic nitrogens is 1. The van der Waals surface area contributed by atoms with Gasteiger partial charge in [-0.15, -0.1) is 0 Å². The second-order valence-corrected chi connectivity index (χ2v) is 6.89. The Hall–Kier alpha value is -2.27. The Morgan fingerprint density at radius 2 is 1.70 bits per heavy atom. The summed E-state index contributed by atoms with van der Waals surface area (Å²) in [5.74, 6) is 0.358. The van der Waals surface area contributed by atoms with Crippen LogP contribution in [0.3, 0.4) is 0 Å². The van der Waals surface area contributed by atoms with E-state index in [1.807, 2.05) is 18.2 Å². The zero-order valence-corrected chi connectivity index (χ0v) is 13.9. The van der Waals surface area contributed by atoms with Crippen molar-refractivity contribution in [1.82, 2.24) is 4.98 Å². The van der Waals surface area contributed by atoms with Crippen LogP contribution >= 0.6 is 11.3 Å². The summed E-state index contributed by atoms with van der Waals surface area (Å²) < 4.78 is 1.25. The zero-order valence-electron chi connectivity index (χ0n) is 13.1. The number of aromatic hydroxyl groups is 1. The number of fused-ring (bicyclic) bond motifs is 1. The predicted octanol–water partition coefficient (Wildman–Crippen LogP) is 3.64. The lowest BCUT2D eigenvalue weighted by atomic mass is 10.2. The summed E-state index contributed by atoms with van der Waals surface area (Å²) in [5, 5.41) is 11.1. The van der Waals surface area contributed by atoms with Gasteiger partial charge in [0.25, 0.3) is 0 Å². The summed E-state index contributed by atoms with van der Waals surface area (Å²) in [7, 11) is 0. The van der Waals surface area contributed by atoms with E-state index in [0.717, 1.165) is 42.5 Å². The van der Waals surface area contributed by atoms with Gasteiger partial charge >= 0.3 is 0 Å². The third kappa shape index (κ3) is 2.61. The molecule has 0 aliphatic carbocycles. The lowest BCUT2D eigenvalue weighted by molar-refractivity contribution is 0.472. The smallest absolute Gasteiger partial charge is 0.186 e. The molecule has 23 heavy (non-hydrogen) atoms. The molecule has 1 saturated heterocycles. The SMILES string of the molecule is Cc1cccc2sc(N3CCN(c4ccccc4O)CC3)nc12. The molecule has 4 rings (SSSR count). The van der Waals surface area contributed by atoms with Gasteiger partial charge in [-0.25, -0.2) is 4.98 Å². The van der Waals surface area contributed by atoms with E-state index in [1.54, 1.807) is 17.4 Å². The monoisotopic (exact) mass is 325 g/mol. The molecule has 1 aliphatic heterocycles. The molecule has 118 valence electrons. The average Bonchev–Trinajstić information content (AvgIpc) is 3.01. The van der Waals surface area contributed by atoms with E-state index < -0.39 is 0 Å². The quantitative estimate of drug-likeness (QED) is 0.781. The number of hydrogen-bond donors (Lipinski definition) is 1. The Balaban J connectivity index is 1.53. The van der Waals surface area contributed by atoms with E-state index in [0.29, 0.717) is 5.75 Å². The first-order valence-electron chi connectivity index (χ1n) is 7.86. The molecule has 5 heteroatoms. The van der Waals surface area contributed by atoms with E-state index in [4.69, 9.17) is 4.98 Å². The topological polar surface area (TPSA) is 39.6 Å². The number of rotatable bonds is 2. The predicted molar refractivity (Wildman–Crippen MR) is 96.9 cm³/mol. The van der Waals surface area contributed by atoms with Crippen LogP contribution in [0.2, 0.25) is 0 Å². The fourth-order valence-electron chi connectivity index (χ4n) is 3.08. The number of para-hydroxylation sites is 3. The molecule has 1 aromatic heterocycles. The van der Waals surface area contributed by atoms with E-state index >= 15 is 0 Å². The Morgan fingerprint density at radius 1 is 0.957 bits per heavy atom. The first-order chi connectivity index (χ1) is 11.2. The molecule has 0 unspecified atom stereocenters. The normalized spacial score (nSPS) is 15.3. The number of piperazine rings is 1. The Bertz CT molecular complexity index is 837. The molecule has 0 bridgehead atoms. The summed E-state index contributed by atoms with van der Waals surface area (Å²) >= 11 is 1.77. The molecule has 0 saturated carbocycles. The number of phenols is 1. The lowest BCUT2D eigenvalue weighted by Gasteiger charge is -2.36. The minimum atomic E-state index is 0.358. The molecule has 4 nitrogen and oxygen atoms in total. The first kappa shape index (κ1) is 14.3. The molecular formula is C18H19N3OS. The molecule has 3 aromatic rings. The minimum Gasteiger partial charge on any atom is -0.506 e. The van der Waals surface area contributed by atoms with Gasteiger partial charge in [0.05, 0.1) is 15.9 Å². The second-order valence-electron chi connectivity index (χ2n) is 5.88. The van der Waals surface area contributed by atoms with Crippen molar-refractivity contribution < 1.29 is 5.11 Å². The molecule has 0 atom stereocenters. The van der Waals surface area contributed by atoms with Crippen LogP contribution in [0.25, 0.3) is 10.2 Å². The number of aryl methyl sites for hydroxylation is 1. The summed E-state index contributed by atoms with van der Waals surface area (Å²) in [4.78, 5) is 9.42. The van der Waals surface area contributed by atoms with Crippen LogP contribution in [0, 0.1) is 6.92 Å². The average molecular weight is 325 g/mol. The number of nitrogens with zero attached hydrogens (tertiary/aromatic N) is 3. The standard InChI is InChI=1S/C18H19N3OS/c1-13-5-4-8-16-17(13)19-18(23-16)21-11-9-20(10-12-21)14-6-2-3-7-15(14)22/h2-8,22H,9-12H2,1H3. The molecule has 0 amide bonds. The van der Waals surface area contributed by atoms with Gasteiger partial charge in [0, 0.05) is 26.2 Å². The van der Waals surface area contributed by atoms with Crippen molar-refractivity contribution in [2.75, 3.05) is 36.0 Å². The molecular weight excluding hydrogens is 306 g/mol. The van der Waals surface area contributed by atoms with Gasteiger partial charge in [-0.3, -0.25) is 0 Å². The van der Waals surface area contributed by atoms with Crippen molar-refractivity contribution in [1.29, 1.82) is 0 Å². The van der Waals surface area contributed by atoms with Gasteiger partial charge in [0.1, 0.15) is 5.75 Å². The summed E-state index contributed by atoms with van der Waals surface area (Å²) in [6.45, 7) is 5.75. The van der Waals surface area contributed by atoms with Crippen molar-refractivity contribution in [2.45, 2.75) is 6.92 Å². The van der Waals surface area contributed by atoms with Crippen LogP contribution in [0.15, 0.2) is 42.5 Å². The van der Waals surface area contributed by atoms with Crippen molar-refractivity contribution in [2.24, 2.45) is 0 Å². The van der Waals surface area contributed by atoms with E-state index in [9.17, 15) is 5.11 Å². The largest absolute Gasteiger partial charge is 0.506 e. The molecule has 0 radical (unpaired) electrons. The molecule has 0 spiro atoms. The van der Waals surface area contributed by atoms with Crippen molar-refractivity contribution in [3.63, 3.8) is 0 Å². The lowest BCUT2D eigenvalue weighted by Crippen LogP contribution is -2.46.